The molecular formula is C11H8ClF2NO. The van der Waals surface area contributed by atoms with E-state index in [0.717, 1.165) is 12.1 Å². The second-order valence-corrected chi connectivity index (χ2v) is 3.61. The van der Waals surface area contributed by atoms with Crippen molar-refractivity contribution < 1.29 is 13.2 Å². The summed E-state index contributed by atoms with van der Waals surface area (Å²) in [5.74, 6) is -1.41. The molecule has 2 aromatic rings. The second kappa shape index (κ2) is 4.23. The fourth-order valence-corrected chi connectivity index (χ4v) is 1.72. The average Bonchev–Trinajstić information content (AvgIpc) is 2.64. The van der Waals surface area contributed by atoms with E-state index in [1.165, 1.54) is 18.4 Å². The van der Waals surface area contributed by atoms with E-state index in [1.807, 2.05) is 0 Å². The number of furan rings is 1. The van der Waals surface area contributed by atoms with Crippen LogP contribution in [-0.4, -0.2) is 0 Å². The molecule has 2 nitrogen and oxygen atoms in total. The van der Waals surface area contributed by atoms with Gasteiger partial charge in [-0.05, 0) is 29.8 Å². The van der Waals surface area contributed by atoms with Gasteiger partial charge in [0.1, 0.15) is 11.6 Å². The molecule has 5 heteroatoms. The maximum atomic E-state index is 13.4. The predicted octanol–water partition coefficient (Wildman–Crippen LogP) is 3.26. The Balaban J connectivity index is 2.49. The monoisotopic (exact) mass is 243 g/mol. The van der Waals surface area contributed by atoms with E-state index < -0.39 is 17.7 Å². The zero-order chi connectivity index (χ0) is 11.7. The Morgan fingerprint density at radius 2 is 1.81 bits per heavy atom. The Morgan fingerprint density at radius 3 is 2.31 bits per heavy atom. The van der Waals surface area contributed by atoms with E-state index in [1.54, 1.807) is 0 Å². The Hall–Kier alpha value is -1.39. The summed E-state index contributed by atoms with van der Waals surface area (Å²) in [5.41, 5.74) is 5.87. The first-order chi connectivity index (χ1) is 7.61. The van der Waals surface area contributed by atoms with Crippen LogP contribution in [0.3, 0.4) is 0 Å². The van der Waals surface area contributed by atoms with Crippen molar-refractivity contribution in [3.05, 3.63) is 58.5 Å². The summed E-state index contributed by atoms with van der Waals surface area (Å²) in [5, 5.41) is 0.0372. The molecule has 1 atom stereocenters. The maximum Gasteiger partial charge on any atom is 0.198 e. The van der Waals surface area contributed by atoms with Crippen LogP contribution in [0.15, 0.2) is 34.9 Å². The van der Waals surface area contributed by atoms with E-state index in [0.29, 0.717) is 5.56 Å². The van der Waals surface area contributed by atoms with Crippen molar-refractivity contribution in [2.45, 2.75) is 6.04 Å². The number of hydrogen-bond donors (Lipinski definition) is 1. The van der Waals surface area contributed by atoms with Gasteiger partial charge in [-0.15, -0.1) is 0 Å². The summed E-state index contributed by atoms with van der Waals surface area (Å²) in [6.07, 6.45) is 1.32. The van der Waals surface area contributed by atoms with Crippen molar-refractivity contribution in [1.29, 1.82) is 0 Å². The standard InChI is InChI=1S/C11H8ClF2NO/c12-11-6(4-5-16-11)10(15)9-7(13)2-1-3-8(9)14/h1-5,10H,15H2. The number of rotatable bonds is 2. The zero-order valence-corrected chi connectivity index (χ0v) is 8.84. The van der Waals surface area contributed by atoms with Gasteiger partial charge in [0, 0.05) is 11.1 Å². The SMILES string of the molecule is NC(c1ccoc1Cl)c1c(F)cccc1F. The van der Waals surface area contributed by atoms with Gasteiger partial charge in [0.15, 0.2) is 5.22 Å². The predicted molar refractivity (Wildman–Crippen MR) is 56.1 cm³/mol. The lowest BCUT2D eigenvalue weighted by molar-refractivity contribution is 0.537. The first kappa shape index (κ1) is 11.1. The van der Waals surface area contributed by atoms with Crippen molar-refractivity contribution in [3.63, 3.8) is 0 Å². The first-order valence-corrected chi connectivity index (χ1v) is 4.91. The highest BCUT2D eigenvalue weighted by molar-refractivity contribution is 6.29. The smallest absolute Gasteiger partial charge is 0.198 e. The molecule has 0 aliphatic heterocycles. The van der Waals surface area contributed by atoms with E-state index in [2.05, 4.69) is 0 Å². The number of benzene rings is 1. The molecule has 84 valence electrons. The number of halogens is 3. The van der Waals surface area contributed by atoms with Gasteiger partial charge in [0.2, 0.25) is 0 Å². The molecule has 1 unspecified atom stereocenters. The summed E-state index contributed by atoms with van der Waals surface area (Å²) in [6, 6.07) is 4.07. The summed E-state index contributed by atoms with van der Waals surface area (Å²) in [6.45, 7) is 0. The van der Waals surface area contributed by atoms with E-state index in [9.17, 15) is 8.78 Å². The lowest BCUT2D eigenvalue weighted by atomic mass is 10.0. The van der Waals surface area contributed by atoms with Gasteiger partial charge >= 0.3 is 0 Å². The van der Waals surface area contributed by atoms with Gasteiger partial charge in [-0.25, -0.2) is 8.78 Å². The largest absolute Gasteiger partial charge is 0.453 e. The highest BCUT2D eigenvalue weighted by Gasteiger charge is 2.21. The van der Waals surface area contributed by atoms with Gasteiger partial charge in [-0.2, -0.15) is 0 Å². The molecule has 0 aliphatic rings. The Morgan fingerprint density at radius 1 is 1.19 bits per heavy atom. The van der Waals surface area contributed by atoms with Crippen LogP contribution >= 0.6 is 11.6 Å². The Labute approximate surface area is 95.6 Å². The van der Waals surface area contributed by atoms with Crippen LogP contribution in [0.5, 0.6) is 0 Å². The summed E-state index contributed by atoms with van der Waals surface area (Å²) in [4.78, 5) is 0. The quantitative estimate of drug-likeness (QED) is 0.879. The van der Waals surface area contributed by atoms with Crippen LogP contribution in [0.1, 0.15) is 17.2 Å². The molecule has 0 aliphatic carbocycles. The van der Waals surface area contributed by atoms with Crippen LogP contribution < -0.4 is 5.73 Å². The normalized spacial score (nSPS) is 12.8. The third-order valence-corrected chi connectivity index (χ3v) is 2.60. The molecule has 0 saturated carbocycles. The van der Waals surface area contributed by atoms with E-state index in [4.69, 9.17) is 21.8 Å². The van der Waals surface area contributed by atoms with Crippen molar-refractivity contribution in [2.24, 2.45) is 5.73 Å². The molecule has 2 rings (SSSR count). The maximum absolute atomic E-state index is 13.4. The van der Waals surface area contributed by atoms with Crippen molar-refractivity contribution >= 4 is 11.6 Å². The minimum Gasteiger partial charge on any atom is -0.453 e. The van der Waals surface area contributed by atoms with Crippen molar-refractivity contribution in [2.75, 3.05) is 0 Å². The molecular weight excluding hydrogens is 236 g/mol. The van der Waals surface area contributed by atoms with Crippen LogP contribution in [0.2, 0.25) is 5.22 Å². The number of nitrogens with two attached hydrogens (primary N) is 1. The lowest BCUT2D eigenvalue weighted by Gasteiger charge is -2.12. The molecule has 0 spiro atoms. The lowest BCUT2D eigenvalue weighted by Crippen LogP contribution is -2.15. The van der Waals surface area contributed by atoms with Gasteiger partial charge in [0.25, 0.3) is 0 Å². The third kappa shape index (κ3) is 1.81. The van der Waals surface area contributed by atoms with E-state index in [-0.39, 0.29) is 10.8 Å². The number of hydrogen-bond acceptors (Lipinski definition) is 2. The molecule has 2 N–H and O–H groups in total. The minimum atomic E-state index is -0.979. The van der Waals surface area contributed by atoms with Gasteiger partial charge in [0.05, 0.1) is 12.3 Å². The Bertz CT molecular complexity index is 492. The van der Waals surface area contributed by atoms with Gasteiger partial charge in [-0.1, -0.05) is 6.07 Å². The molecule has 1 heterocycles. The Kier molecular flexibility index (Phi) is 2.94. The molecule has 0 bridgehead atoms. The van der Waals surface area contributed by atoms with E-state index >= 15 is 0 Å². The molecule has 0 radical (unpaired) electrons. The first-order valence-electron chi connectivity index (χ1n) is 4.53. The third-order valence-electron chi connectivity index (χ3n) is 2.29. The molecule has 1 aromatic heterocycles. The zero-order valence-electron chi connectivity index (χ0n) is 8.08. The molecule has 0 saturated heterocycles. The van der Waals surface area contributed by atoms with Crippen molar-refractivity contribution in [3.8, 4) is 0 Å². The summed E-state index contributed by atoms with van der Waals surface area (Å²) >= 11 is 5.70. The molecule has 1 aromatic carbocycles. The van der Waals surface area contributed by atoms with Crippen LogP contribution in [0.25, 0.3) is 0 Å². The molecule has 16 heavy (non-hydrogen) atoms. The molecule has 0 fully saturated rings. The minimum absolute atomic E-state index is 0.0372. The van der Waals surface area contributed by atoms with Gasteiger partial charge < -0.3 is 10.2 Å². The highest BCUT2D eigenvalue weighted by Crippen LogP contribution is 2.30. The molecule has 0 amide bonds. The van der Waals surface area contributed by atoms with Crippen LogP contribution in [0.4, 0.5) is 8.78 Å². The summed E-state index contributed by atoms with van der Waals surface area (Å²) in [7, 11) is 0. The fraction of sp³-hybridized carbons (Fsp3) is 0.0909. The van der Waals surface area contributed by atoms with Crippen LogP contribution in [-0.2, 0) is 0 Å². The average molecular weight is 244 g/mol. The fourth-order valence-electron chi connectivity index (χ4n) is 1.49. The second-order valence-electron chi connectivity index (χ2n) is 3.26. The highest BCUT2D eigenvalue weighted by atomic mass is 35.5. The van der Waals surface area contributed by atoms with Gasteiger partial charge in [-0.3, -0.25) is 0 Å². The summed E-state index contributed by atoms with van der Waals surface area (Å²) < 4.78 is 31.7. The van der Waals surface area contributed by atoms with Crippen LogP contribution in [0, 0.1) is 11.6 Å². The van der Waals surface area contributed by atoms with Crippen molar-refractivity contribution in [1.82, 2.24) is 0 Å². The topological polar surface area (TPSA) is 39.2 Å².